The van der Waals surface area contributed by atoms with Crippen LogP contribution in [0.25, 0.3) is 0 Å². The fraction of sp³-hybridized carbons (Fsp3) is 0.444. The molecule has 6 heteroatoms. The molecule has 1 aliphatic rings. The third-order valence-corrected chi connectivity index (χ3v) is 4.38. The molecule has 1 aromatic heterocycles. The van der Waals surface area contributed by atoms with Crippen LogP contribution in [-0.4, -0.2) is 22.2 Å². The lowest BCUT2D eigenvalue weighted by atomic mass is 10.1. The van der Waals surface area contributed by atoms with E-state index in [1.165, 1.54) is 6.07 Å². The molecule has 0 unspecified atom stereocenters. The minimum atomic E-state index is -0.862. The van der Waals surface area contributed by atoms with Gasteiger partial charge in [0.15, 0.2) is 11.6 Å². The molecule has 0 aliphatic heterocycles. The van der Waals surface area contributed by atoms with Crippen LogP contribution in [-0.2, 0) is 11.2 Å². The summed E-state index contributed by atoms with van der Waals surface area (Å²) in [4.78, 5) is 12.1. The third kappa shape index (κ3) is 3.47. The predicted octanol–water partition coefficient (Wildman–Crippen LogP) is 3.20. The van der Waals surface area contributed by atoms with Crippen LogP contribution in [0, 0.1) is 17.6 Å². The van der Waals surface area contributed by atoms with Crippen molar-refractivity contribution in [3.8, 4) is 0 Å². The molecular weight excluding hydrogens is 312 g/mol. The van der Waals surface area contributed by atoms with Crippen molar-refractivity contribution in [3.05, 3.63) is 53.4 Å². The summed E-state index contributed by atoms with van der Waals surface area (Å²) in [6.45, 7) is 4.59. The Hall–Kier alpha value is -2.24. The first-order chi connectivity index (χ1) is 11.5. The molecule has 24 heavy (non-hydrogen) atoms. The molecule has 1 aromatic carbocycles. The standard InChI is InChI=1S/C18H21F2N3O/c1-11(2)23-9-7-12(22-23)6-8-21-18(24)15-10-14(15)13-4-3-5-16(19)17(13)20/h3-5,7,9,11,14-15H,6,8,10H2,1-2H3,(H,21,24)/t14-,15+/m1/s1. The lowest BCUT2D eigenvalue weighted by Crippen LogP contribution is -2.27. The van der Waals surface area contributed by atoms with Gasteiger partial charge in [-0.25, -0.2) is 8.78 Å². The fourth-order valence-corrected chi connectivity index (χ4v) is 2.88. The molecule has 3 rings (SSSR count). The van der Waals surface area contributed by atoms with Gasteiger partial charge in [-0.05, 0) is 43.9 Å². The van der Waals surface area contributed by atoms with Crippen LogP contribution in [0.1, 0.15) is 43.5 Å². The number of aromatic nitrogens is 2. The van der Waals surface area contributed by atoms with Gasteiger partial charge in [0.25, 0.3) is 0 Å². The summed E-state index contributed by atoms with van der Waals surface area (Å²) in [5.41, 5.74) is 1.22. The molecular formula is C18H21F2N3O. The Morgan fingerprint density at radius 3 is 2.88 bits per heavy atom. The summed E-state index contributed by atoms with van der Waals surface area (Å²) < 4.78 is 28.9. The van der Waals surface area contributed by atoms with Crippen LogP contribution in [0.3, 0.4) is 0 Å². The molecule has 1 saturated carbocycles. The maximum absolute atomic E-state index is 13.8. The highest BCUT2D eigenvalue weighted by atomic mass is 19.2. The van der Waals surface area contributed by atoms with E-state index in [-0.39, 0.29) is 17.7 Å². The predicted molar refractivity (Wildman–Crippen MR) is 86.5 cm³/mol. The number of hydrogen-bond acceptors (Lipinski definition) is 2. The molecule has 2 aromatic rings. The van der Waals surface area contributed by atoms with Gasteiger partial charge in [-0.3, -0.25) is 9.48 Å². The maximum atomic E-state index is 13.8. The normalized spacial score (nSPS) is 19.5. The lowest BCUT2D eigenvalue weighted by molar-refractivity contribution is -0.122. The first kappa shape index (κ1) is 16.6. The van der Waals surface area contributed by atoms with Crippen molar-refractivity contribution in [1.29, 1.82) is 0 Å². The van der Waals surface area contributed by atoms with Gasteiger partial charge < -0.3 is 5.32 Å². The van der Waals surface area contributed by atoms with Crippen LogP contribution in [0.15, 0.2) is 30.5 Å². The largest absolute Gasteiger partial charge is 0.355 e. The van der Waals surface area contributed by atoms with E-state index >= 15 is 0 Å². The molecule has 1 fully saturated rings. The van der Waals surface area contributed by atoms with Crippen LogP contribution in [0.5, 0.6) is 0 Å². The molecule has 1 heterocycles. The number of nitrogens with one attached hydrogen (secondary N) is 1. The quantitative estimate of drug-likeness (QED) is 0.882. The Labute approximate surface area is 139 Å². The Bertz CT molecular complexity index is 742. The van der Waals surface area contributed by atoms with Gasteiger partial charge in [0, 0.05) is 31.1 Å². The first-order valence-corrected chi connectivity index (χ1v) is 8.23. The van der Waals surface area contributed by atoms with E-state index in [9.17, 15) is 13.6 Å². The van der Waals surface area contributed by atoms with E-state index < -0.39 is 11.6 Å². The van der Waals surface area contributed by atoms with Crippen LogP contribution >= 0.6 is 0 Å². The number of carbonyl (C=O) groups is 1. The average molecular weight is 333 g/mol. The Kier molecular flexibility index (Phi) is 4.64. The molecule has 128 valence electrons. The van der Waals surface area contributed by atoms with Gasteiger partial charge in [0.2, 0.25) is 5.91 Å². The van der Waals surface area contributed by atoms with E-state index in [4.69, 9.17) is 0 Å². The zero-order chi connectivity index (χ0) is 17.3. The average Bonchev–Trinajstić information content (AvgIpc) is 3.19. The van der Waals surface area contributed by atoms with Gasteiger partial charge in [-0.2, -0.15) is 5.10 Å². The molecule has 1 N–H and O–H groups in total. The number of halogens is 2. The maximum Gasteiger partial charge on any atom is 0.223 e. The summed E-state index contributed by atoms with van der Waals surface area (Å²) in [5.74, 6) is -2.29. The van der Waals surface area contributed by atoms with E-state index in [1.54, 1.807) is 6.07 Å². The van der Waals surface area contributed by atoms with E-state index in [2.05, 4.69) is 24.3 Å². The minimum absolute atomic E-state index is 0.105. The highest BCUT2D eigenvalue weighted by molar-refractivity contribution is 5.82. The lowest BCUT2D eigenvalue weighted by Gasteiger charge is -2.06. The van der Waals surface area contributed by atoms with Crippen LogP contribution < -0.4 is 5.32 Å². The highest BCUT2D eigenvalue weighted by Gasteiger charge is 2.45. The molecule has 1 aliphatic carbocycles. The van der Waals surface area contributed by atoms with Crippen molar-refractivity contribution < 1.29 is 13.6 Å². The summed E-state index contributed by atoms with van der Waals surface area (Å²) in [5, 5.41) is 7.29. The number of benzene rings is 1. The summed E-state index contributed by atoms with van der Waals surface area (Å²) >= 11 is 0. The van der Waals surface area contributed by atoms with E-state index in [1.807, 2.05) is 16.9 Å². The van der Waals surface area contributed by atoms with E-state index in [0.29, 0.717) is 31.0 Å². The smallest absolute Gasteiger partial charge is 0.223 e. The monoisotopic (exact) mass is 333 g/mol. The van der Waals surface area contributed by atoms with E-state index in [0.717, 1.165) is 11.8 Å². The van der Waals surface area contributed by atoms with Crippen molar-refractivity contribution in [2.45, 2.75) is 38.6 Å². The van der Waals surface area contributed by atoms with Crippen molar-refractivity contribution in [1.82, 2.24) is 15.1 Å². The molecule has 0 radical (unpaired) electrons. The Morgan fingerprint density at radius 1 is 1.38 bits per heavy atom. The fourth-order valence-electron chi connectivity index (χ4n) is 2.88. The minimum Gasteiger partial charge on any atom is -0.355 e. The van der Waals surface area contributed by atoms with Crippen molar-refractivity contribution >= 4 is 5.91 Å². The molecule has 0 bridgehead atoms. The number of nitrogens with zero attached hydrogens (tertiary/aromatic N) is 2. The van der Waals surface area contributed by atoms with Gasteiger partial charge in [0.1, 0.15) is 0 Å². The SMILES string of the molecule is CC(C)n1ccc(CCNC(=O)[C@H]2C[C@@H]2c2cccc(F)c2F)n1. The number of carbonyl (C=O) groups excluding carboxylic acids is 1. The summed E-state index contributed by atoms with van der Waals surface area (Å²) in [6.07, 6.45) is 3.14. The second-order valence-electron chi connectivity index (χ2n) is 6.51. The number of hydrogen-bond donors (Lipinski definition) is 1. The highest BCUT2D eigenvalue weighted by Crippen LogP contribution is 2.48. The summed E-state index contributed by atoms with van der Waals surface area (Å²) in [6, 6.07) is 6.36. The summed E-state index contributed by atoms with van der Waals surface area (Å²) in [7, 11) is 0. The molecule has 1 amide bonds. The molecule has 4 nitrogen and oxygen atoms in total. The van der Waals surface area contributed by atoms with Crippen molar-refractivity contribution in [2.75, 3.05) is 6.54 Å². The molecule has 0 spiro atoms. The third-order valence-electron chi connectivity index (χ3n) is 4.38. The van der Waals surface area contributed by atoms with Gasteiger partial charge in [-0.15, -0.1) is 0 Å². The van der Waals surface area contributed by atoms with Gasteiger partial charge >= 0.3 is 0 Å². The number of amides is 1. The van der Waals surface area contributed by atoms with Gasteiger partial charge in [0.05, 0.1) is 5.69 Å². The zero-order valence-corrected chi connectivity index (χ0v) is 13.8. The Balaban J connectivity index is 1.49. The molecule has 0 saturated heterocycles. The second kappa shape index (κ2) is 6.71. The second-order valence-corrected chi connectivity index (χ2v) is 6.51. The van der Waals surface area contributed by atoms with Crippen molar-refractivity contribution in [3.63, 3.8) is 0 Å². The first-order valence-electron chi connectivity index (χ1n) is 8.23. The topological polar surface area (TPSA) is 46.9 Å². The molecule has 2 atom stereocenters. The Morgan fingerprint density at radius 2 is 2.17 bits per heavy atom. The van der Waals surface area contributed by atoms with Crippen LogP contribution in [0.2, 0.25) is 0 Å². The number of rotatable bonds is 6. The zero-order valence-electron chi connectivity index (χ0n) is 13.8. The van der Waals surface area contributed by atoms with Crippen molar-refractivity contribution in [2.24, 2.45) is 5.92 Å². The van der Waals surface area contributed by atoms with Gasteiger partial charge in [-0.1, -0.05) is 12.1 Å². The van der Waals surface area contributed by atoms with Crippen LogP contribution in [0.4, 0.5) is 8.78 Å².